The van der Waals surface area contributed by atoms with Gasteiger partial charge in [-0.2, -0.15) is 0 Å². The highest BCUT2D eigenvalue weighted by atomic mass is 19.1. The molecule has 0 aromatic heterocycles. The summed E-state index contributed by atoms with van der Waals surface area (Å²) in [5.41, 5.74) is -1.36. The van der Waals surface area contributed by atoms with Gasteiger partial charge in [-0.05, 0) is 25.0 Å². The lowest BCUT2D eigenvalue weighted by Crippen LogP contribution is -2.50. The lowest BCUT2D eigenvalue weighted by molar-refractivity contribution is -0.142. The second-order valence-corrected chi connectivity index (χ2v) is 4.92. The monoisotopic (exact) mass is 314 g/mol. The van der Waals surface area contributed by atoms with E-state index >= 15 is 0 Å². The number of nitrogens with one attached hydrogen (secondary N) is 2. The molecule has 0 fully saturated rings. The molecule has 0 saturated heterocycles. The molecule has 22 heavy (non-hydrogen) atoms. The van der Waals surface area contributed by atoms with Crippen LogP contribution in [0.3, 0.4) is 0 Å². The topological polar surface area (TPSA) is 67.4 Å². The highest BCUT2D eigenvalue weighted by Gasteiger charge is 2.32. The largest absolute Gasteiger partial charge is 0.469 e. The fourth-order valence-electron chi connectivity index (χ4n) is 2.07. The van der Waals surface area contributed by atoms with E-state index in [0.29, 0.717) is 12.8 Å². The Morgan fingerprint density at radius 3 is 2.18 bits per heavy atom. The summed E-state index contributed by atoms with van der Waals surface area (Å²) < 4.78 is 31.6. The Morgan fingerprint density at radius 2 is 1.73 bits per heavy atom. The second kappa shape index (κ2) is 7.72. The van der Waals surface area contributed by atoms with Gasteiger partial charge < -0.3 is 15.4 Å². The van der Waals surface area contributed by atoms with Gasteiger partial charge in [0.15, 0.2) is 0 Å². The van der Waals surface area contributed by atoms with Crippen molar-refractivity contribution in [3.05, 3.63) is 29.8 Å². The quantitative estimate of drug-likeness (QED) is 0.792. The number of benzene rings is 1. The fraction of sp³-hybridized carbons (Fsp3) is 0.467. The van der Waals surface area contributed by atoms with Crippen LogP contribution in [0.2, 0.25) is 0 Å². The van der Waals surface area contributed by atoms with Crippen molar-refractivity contribution in [2.24, 2.45) is 0 Å². The zero-order chi connectivity index (χ0) is 16.8. The van der Waals surface area contributed by atoms with Crippen LogP contribution in [-0.2, 0) is 9.53 Å². The summed E-state index contributed by atoms with van der Waals surface area (Å²) in [6.45, 7) is 3.60. The third kappa shape index (κ3) is 4.41. The Hall–Kier alpha value is -2.18. The van der Waals surface area contributed by atoms with Crippen LogP contribution < -0.4 is 10.6 Å². The predicted molar refractivity (Wildman–Crippen MR) is 78.5 cm³/mol. The molecule has 5 nitrogen and oxygen atoms in total. The molecule has 0 atom stereocenters. The number of anilines is 1. The van der Waals surface area contributed by atoms with Gasteiger partial charge in [-0.1, -0.05) is 19.9 Å². The minimum atomic E-state index is -0.873. The number of esters is 1. The Labute approximate surface area is 128 Å². The highest BCUT2D eigenvalue weighted by molar-refractivity contribution is 5.90. The first-order valence-corrected chi connectivity index (χ1v) is 6.97. The van der Waals surface area contributed by atoms with Gasteiger partial charge in [0.25, 0.3) is 0 Å². The molecule has 0 heterocycles. The van der Waals surface area contributed by atoms with Crippen LogP contribution in [0.15, 0.2) is 18.2 Å². The third-order valence-corrected chi connectivity index (χ3v) is 3.64. The third-order valence-electron chi connectivity index (χ3n) is 3.64. The van der Waals surface area contributed by atoms with Crippen molar-refractivity contribution < 1.29 is 23.1 Å². The molecule has 1 rings (SSSR count). The van der Waals surface area contributed by atoms with Crippen LogP contribution in [0.1, 0.15) is 33.1 Å². The maximum atomic E-state index is 13.5. The number of urea groups is 1. The standard InChI is InChI=1S/C15H20F2N2O3/c1-4-15(5-2,9-12(20)22-3)19-14(21)18-13-10(16)7-6-8-11(13)17/h6-8H,4-5,9H2,1-3H3,(H2,18,19,21). The maximum absolute atomic E-state index is 13.5. The molecular formula is C15H20F2N2O3. The normalized spacial score (nSPS) is 11.0. The Kier molecular flexibility index (Phi) is 6.27. The van der Waals surface area contributed by atoms with Crippen LogP contribution >= 0.6 is 0 Å². The fourth-order valence-corrected chi connectivity index (χ4v) is 2.07. The SMILES string of the molecule is CCC(CC)(CC(=O)OC)NC(=O)Nc1c(F)cccc1F. The molecule has 0 aliphatic carbocycles. The number of ether oxygens (including phenoxy) is 1. The number of amides is 2. The molecular weight excluding hydrogens is 294 g/mol. The van der Waals surface area contributed by atoms with E-state index in [0.717, 1.165) is 12.1 Å². The Bertz CT molecular complexity index is 525. The van der Waals surface area contributed by atoms with Gasteiger partial charge in [-0.15, -0.1) is 0 Å². The van der Waals surface area contributed by atoms with E-state index in [2.05, 4.69) is 15.4 Å². The molecule has 0 radical (unpaired) electrons. The molecule has 0 saturated carbocycles. The van der Waals surface area contributed by atoms with E-state index in [-0.39, 0.29) is 6.42 Å². The van der Waals surface area contributed by atoms with Crippen molar-refractivity contribution >= 4 is 17.7 Å². The van der Waals surface area contributed by atoms with Crippen LogP contribution in [0.25, 0.3) is 0 Å². The summed E-state index contributed by atoms with van der Waals surface area (Å²) in [4.78, 5) is 23.5. The molecule has 1 aromatic carbocycles. The summed E-state index contributed by atoms with van der Waals surface area (Å²) in [6, 6.07) is 2.50. The summed E-state index contributed by atoms with van der Waals surface area (Å²) in [6.07, 6.45) is 0.904. The van der Waals surface area contributed by atoms with Crippen molar-refractivity contribution in [1.29, 1.82) is 0 Å². The Balaban J connectivity index is 2.86. The van der Waals surface area contributed by atoms with E-state index < -0.39 is 34.9 Å². The molecule has 0 aliphatic heterocycles. The Morgan fingerprint density at radius 1 is 1.18 bits per heavy atom. The van der Waals surface area contributed by atoms with Gasteiger partial charge in [0.1, 0.15) is 17.3 Å². The van der Waals surface area contributed by atoms with E-state index in [1.165, 1.54) is 13.2 Å². The zero-order valence-corrected chi connectivity index (χ0v) is 12.8. The van der Waals surface area contributed by atoms with Crippen LogP contribution in [-0.4, -0.2) is 24.6 Å². The van der Waals surface area contributed by atoms with Crippen molar-refractivity contribution in [3.63, 3.8) is 0 Å². The molecule has 7 heteroatoms. The van der Waals surface area contributed by atoms with Crippen molar-refractivity contribution in [2.75, 3.05) is 12.4 Å². The summed E-state index contributed by atoms with van der Waals surface area (Å²) >= 11 is 0. The van der Waals surface area contributed by atoms with Gasteiger partial charge in [0.2, 0.25) is 0 Å². The lowest BCUT2D eigenvalue weighted by atomic mass is 9.89. The van der Waals surface area contributed by atoms with Gasteiger partial charge in [-0.25, -0.2) is 13.6 Å². The van der Waals surface area contributed by atoms with E-state index in [1.54, 1.807) is 13.8 Å². The van der Waals surface area contributed by atoms with E-state index in [1.807, 2.05) is 0 Å². The average molecular weight is 314 g/mol. The number of rotatable bonds is 6. The molecule has 1 aromatic rings. The molecule has 0 aliphatic rings. The first-order chi connectivity index (χ1) is 10.4. The minimum Gasteiger partial charge on any atom is -0.469 e. The molecule has 122 valence electrons. The first kappa shape index (κ1) is 17.9. The van der Waals surface area contributed by atoms with E-state index in [9.17, 15) is 18.4 Å². The number of para-hydroxylation sites is 1. The lowest BCUT2D eigenvalue weighted by Gasteiger charge is -2.31. The average Bonchev–Trinajstić information content (AvgIpc) is 2.50. The predicted octanol–water partition coefficient (Wildman–Crippen LogP) is 3.21. The maximum Gasteiger partial charge on any atom is 0.319 e. The molecule has 0 bridgehead atoms. The number of carbonyl (C=O) groups is 2. The second-order valence-electron chi connectivity index (χ2n) is 4.92. The number of halogens is 2. The smallest absolute Gasteiger partial charge is 0.319 e. The van der Waals surface area contributed by atoms with Crippen LogP contribution in [0.4, 0.5) is 19.3 Å². The van der Waals surface area contributed by atoms with Gasteiger partial charge in [0.05, 0.1) is 19.1 Å². The van der Waals surface area contributed by atoms with Gasteiger partial charge in [-0.3, -0.25) is 4.79 Å². The molecule has 0 unspecified atom stereocenters. The summed E-state index contributed by atoms with van der Waals surface area (Å²) in [5, 5.41) is 4.76. The number of hydrogen-bond donors (Lipinski definition) is 2. The van der Waals surface area contributed by atoms with Gasteiger partial charge in [0, 0.05) is 0 Å². The number of carbonyl (C=O) groups excluding carboxylic acids is 2. The highest BCUT2D eigenvalue weighted by Crippen LogP contribution is 2.22. The molecule has 0 spiro atoms. The van der Waals surface area contributed by atoms with Crippen molar-refractivity contribution in [2.45, 2.75) is 38.6 Å². The number of methoxy groups -OCH3 is 1. The van der Waals surface area contributed by atoms with Gasteiger partial charge >= 0.3 is 12.0 Å². The van der Waals surface area contributed by atoms with Crippen LogP contribution in [0.5, 0.6) is 0 Å². The van der Waals surface area contributed by atoms with Crippen molar-refractivity contribution in [1.82, 2.24) is 5.32 Å². The number of hydrogen-bond acceptors (Lipinski definition) is 3. The van der Waals surface area contributed by atoms with E-state index in [4.69, 9.17) is 0 Å². The first-order valence-electron chi connectivity index (χ1n) is 6.97. The molecule has 2 amide bonds. The summed E-state index contributed by atoms with van der Waals surface area (Å²) in [7, 11) is 1.26. The van der Waals surface area contributed by atoms with Crippen LogP contribution in [0, 0.1) is 11.6 Å². The minimum absolute atomic E-state index is 0.0241. The zero-order valence-electron chi connectivity index (χ0n) is 12.8. The summed E-state index contributed by atoms with van der Waals surface area (Å²) in [5.74, 6) is -2.22. The van der Waals surface area contributed by atoms with Crippen molar-refractivity contribution in [3.8, 4) is 0 Å². The molecule has 2 N–H and O–H groups in total.